The first-order valence-electron chi connectivity index (χ1n) is 5.43. The Labute approximate surface area is 106 Å². The molecule has 1 aliphatic heterocycles. The fourth-order valence-corrected chi connectivity index (χ4v) is 3.21. The van der Waals surface area contributed by atoms with Gasteiger partial charge in [-0.05, 0) is 24.3 Å². The van der Waals surface area contributed by atoms with Crippen molar-refractivity contribution in [3.05, 3.63) is 29.3 Å². The maximum absolute atomic E-state index is 12.0. The third kappa shape index (κ3) is 3.19. The van der Waals surface area contributed by atoms with Gasteiger partial charge in [-0.2, -0.15) is 0 Å². The molecular formula is C11H15ClN2O2S. The predicted octanol–water partition coefficient (Wildman–Crippen LogP) is 0.757. The van der Waals surface area contributed by atoms with E-state index in [1.165, 1.54) is 0 Å². The van der Waals surface area contributed by atoms with Crippen LogP contribution in [0.2, 0.25) is 5.02 Å². The first kappa shape index (κ1) is 12.8. The molecule has 1 heterocycles. The van der Waals surface area contributed by atoms with Crippen molar-refractivity contribution >= 4 is 21.4 Å². The highest BCUT2D eigenvalue weighted by molar-refractivity contribution is 7.91. The molecule has 94 valence electrons. The van der Waals surface area contributed by atoms with E-state index in [-0.39, 0.29) is 11.8 Å². The quantitative estimate of drug-likeness (QED) is 0.880. The van der Waals surface area contributed by atoms with Gasteiger partial charge in [-0.25, -0.2) is 8.42 Å². The van der Waals surface area contributed by atoms with Gasteiger partial charge in [0.25, 0.3) is 0 Å². The van der Waals surface area contributed by atoms with Crippen molar-refractivity contribution < 1.29 is 8.42 Å². The Morgan fingerprint density at radius 2 is 1.88 bits per heavy atom. The largest absolute Gasteiger partial charge is 0.325 e. The summed E-state index contributed by atoms with van der Waals surface area (Å²) in [5.41, 5.74) is 5.63. The van der Waals surface area contributed by atoms with Crippen LogP contribution in [0.1, 0.15) is 0 Å². The van der Waals surface area contributed by atoms with E-state index in [0.717, 1.165) is 13.1 Å². The monoisotopic (exact) mass is 274 g/mol. The number of nitrogens with zero attached hydrogens (tertiary/aromatic N) is 1. The number of nitrogens with two attached hydrogens (primary N) is 1. The standard InChI is InChI=1S/C11H15ClN2O2S/c12-9-1-3-11(4-2-9)17(15,16)6-5-14-7-10(13)8-14/h1-4,10H,5-8,13H2. The molecule has 0 aliphatic carbocycles. The van der Waals surface area contributed by atoms with Gasteiger partial charge in [0.15, 0.2) is 9.84 Å². The Morgan fingerprint density at radius 3 is 2.41 bits per heavy atom. The number of halogens is 1. The highest BCUT2D eigenvalue weighted by Crippen LogP contribution is 2.16. The number of rotatable bonds is 4. The van der Waals surface area contributed by atoms with Gasteiger partial charge in [0.05, 0.1) is 10.6 Å². The molecule has 1 saturated heterocycles. The van der Waals surface area contributed by atoms with Gasteiger partial charge in [0.1, 0.15) is 0 Å². The van der Waals surface area contributed by atoms with E-state index in [9.17, 15) is 8.42 Å². The molecular weight excluding hydrogens is 260 g/mol. The number of hydrogen-bond donors (Lipinski definition) is 1. The second-order valence-electron chi connectivity index (χ2n) is 4.29. The van der Waals surface area contributed by atoms with Gasteiger partial charge in [-0.15, -0.1) is 0 Å². The van der Waals surface area contributed by atoms with Crippen LogP contribution in [0.25, 0.3) is 0 Å². The Hall–Kier alpha value is -0.620. The fourth-order valence-electron chi connectivity index (χ4n) is 1.80. The Balaban J connectivity index is 1.96. The molecule has 0 aromatic heterocycles. The van der Waals surface area contributed by atoms with Crippen molar-refractivity contribution in [2.75, 3.05) is 25.4 Å². The zero-order valence-electron chi connectivity index (χ0n) is 9.34. The van der Waals surface area contributed by atoms with Crippen LogP contribution in [0.15, 0.2) is 29.2 Å². The van der Waals surface area contributed by atoms with Crippen LogP contribution in [0.5, 0.6) is 0 Å². The zero-order chi connectivity index (χ0) is 12.5. The van der Waals surface area contributed by atoms with E-state index >= 15 is 0 Å². The molecule has 1 fully saturated rings. The van der Waals surface area contributed by atoms with E-state index in [0.29, 0.717) is 16.5 Å². The molecule has 4 nitrogen and oxygen atoms in total. The van der Waals surface area contributed by atoms with Crippen molar-refractivity contribution in [1.29, 1.82) is 0 Å². The minimum atomic E-state index is -3.21. The van der Waals surface area contributed by atoms with Gasteiger partial charge in [0, 0.05) is 30.7 Å². The number of sulfone groups is 1. The molecule has 0 spiro atoms. The Kier molecular flexibility index (Phi) is 3.73. The highest BCUT2D eigenvalue weighted by atomic mass is 35.5. The summed E-state index contributed by atoms with van der Waals surface area (Å²) in [6.45, 7) is 2.12. The molecule has 0 atom stereocenters. The SMILES string of the molecule is NC1CN(CCS(=O)(=O)c2ccc(Cl)cc2)C1. The molecule has 1 aromatic rings. The summed E-state index contributed by atoms with van der Waals surface area (Å²) in [6, 6.07) is 6.47. The summed E-state index contributed by atoms with van der Waals surface area (Å²) < 4.78 is 23.9. The van der Waals surface area contributed by atoms with E-state index in [1.807, 2.05) is 4.90 Å². The highest BCUT2D eigenvalue weighted by Gasteiger charge is 2.24. The minimum absolute atomic E-state index is 0.126. The number of benzene rings is 1. The van der Waals surface area contributed by atoms with Crippen molar-refractivity contribution in [3.8, 4) is 0 Å². The lowest BCUT2D eigenvalue weighted by Gasteiger charge is -2.36. The zero-order valence-corrected chi connectivity index (χ0v) is 10.9. The van der Waals surface area contributed by atoms with Crippen LogP contribution < -0.4 is 5.73 Å². The van der Waals surface area contributed by atoms with Gasteiger partial charge in [-0.3, -0.25) is 4.90 Å². The normalized spacial score (nSPS) is 18.0. The topological polar surface area (TPSA) is 63.4 Å². The van der Waals surface area contributed by atoms with Crippen molar-refractivity contribution in [1.82, 2.24) is 4.90 Å². The predicted molar refractivity (Wildman–Crippen MR) is 67.9 cm³/mol. The summed E-state index contributed by atoms with van der Waals surface area (Å²) in [5.74, 6) is 0.126. The summed E-state index contributed by atoms with van der Waals surface area (Å²) in [5, 5.41) is 0.540. The third-order valence-corrected chi connectivity index (χ3v) is 4.80. The first-order chi connectivity index (χ1) is 7.97. The van der Waals surface area contributed by atoms with Crippen LogP contribution in [0.4, 0.5) is 0 Å². The second-order valence-corrected chi connectivity index (χ2v) is 6.84. The van der Waals surface area contributed by atoms with Crippen LogP contribution in [-0.2, 0) is 9.84 Å². The van der Waals surface area contributed by atoms with Crippen LogP contribution in [0, 0.1) is 0 Å². The average molecular weight is 275 g/mol. The van der Waals surface area contributed by atoms with Gasteiger partial charge in [0.2, 0.25) is 0 Å². The fraction of sp³-hybridized carbons (Fsp3) is 0.455. The summed E-state index contributed by atoms with van der Waals surface area (Å²) in [6.07, 6.45) is 0. The molecule has 17 heavy (non-hydrogen) atoms. The number of likely N-dealkylation sites (tertiary alicyclic amines) is 1. The lowest BCUT2D eigenvalue weighted by Crippen LogP contribution is -2.56. The molecule has 2 N–H and O–H groups in total. The van der Waals surface area contributed by atoms with E-state index in [1.54, 1.807) is 24.3 Å². The van der Waals surface area contributed by atoms with E-state index in [4.69, 9.17) is 17.3 Å². The van der Waals surface area contributed by atoms with Gasteiger partial charge >= 0.3 is 0 Å². The maximum atomic E-state index is 12.0. The van der Waals surface area contributed by atoms with E-state index in [2.05, 4.69) is 0 Å². The molecule has 1 aliphatic rings. The van der Waals surface area contributed by atoms with Crippen LogP contribution in [-0.4, -0.2) is 44.7 Å². The van der Waals surface area contributed by atoms with Gasteiger partial charge in [-0.1, -0.05) is 11.6 Å². The first-order valence-corrected chi connectivity index (χ1v) is 7.47. The molecule has 0 saturated carbocycles. The molecule has 0 bridgehead atoms. The van der Waals surface area contributed by atoms with Crippen molar-refractivity contribution in [2.45, 2.75) is 10.9 Å². The average Bonchev–Trinajstić information content (AvgIpc) is 2.23. The van der Waals surface area contributed by atoms with Crippen molar-refractivity contribution in [3.63, 3.8) is 0 Å². The Morgan fingerprint density at radius 1 is 1.29 bits per heavy atom. The molecule has 2 rings (SSSR count). The number of hydrogen-bond acceptors (Lipinski definition) is 4. The Bertz CT molecular complexity index is 481. The minimum Gasteiger partial charge on any atom is -0.325 e. The summed E-state index contributed by atoms with van der Waals surface area (Å²) in [4.78, 5) is 2.37. The maximum Gasteiger partial charge on any atom is 0.179 e. The van der Waals surface area contributed by atoms with Crippen LogP contribution >= 0.6 is 11.6 Å². The summed E-state index contributed by atoms with van der Waals surface area (Å²) >= 11 is 5.72. The smallest absolute Gasteiger partial charge is 0.179 e. The lowest BCUT2D eigenvalue weighted by molar-refractivity contribution is 0.161. The third-order valence-electron chi connectivity index (χ3n) is 2.83. The molecule has 6 heteroatoms. The molecule has 1 aromatic carbocycles. The second kappa shape index (κ2) is 4.94. The molecule has 0 amide bonds. The van der Waals surface area contributed by atoms with E-state index < -0.39 is 9.84 Å². The van der Waals surface area contributed by atoms with Crippen LogP contribution in [0.3, 0.4) is 0 Å². The molecule has 0 unspecified atom stereocenters. The van der Waals surface area contributed by atoms with Gasteiger partial charge < -0.3 is 5.73 Å². The molecule has 0 radical (unpaired) electrons. The lowest BCUT2D eigenvalue weighted by atomic mass is 10.1. The summed E-state index contributed by atoms with van der Waals surface area (Å²) in [7, 11) is -3.21. The van der Waals surface area contributed by atoms with Crippen molar-refractivity contribution in [2.24, 2.45) is 5.73 Å².